The number of rotatable bonds is 2. The van der Waals surface area contributed by atoms with Crippen LogP contribution in [0.4, 0.5) is 0 Å². The van der Waals surface area contributed by atoms with Crippen LogP contribution in [0.1, 0.15) is 58.3 Å². The summed E-state index contributed by atoms with van der Waals surface area (Å²) in [6, 6.07) is 0. The van der Waals surface area contributed by atoms with Gasteiger partial charge in [-0.3, -0.25) is 4.79 Å². The van der Waals surface area contributed by atoms with Gasteiger partial charge in [0.2, 0.25) is 0 Å². The number of hydrogen-bond donors (Lipinski definition) is 0. The Balaban J connectivity index is 1.50. The largest absolute Gasteiger partial charge is 0.462 e. The molecule has 23 heavy (non-hydrogen) atoms. The first-order chi connectivity index (χ1) is 11.1. The number of hydrogen-bond acceptors (Lipinski definition) is 3. The molecule has 0 aromatic heterocycles. The number of fused-ring (bicyclic) bond motifs is 2. The SMILES string of the molecule is C=C1CCC[C@@]2(C)C[C@H]3OC(=O)[C@@H](CN4CCCCC4)[C@@H]3C[C@H]12. The quantitative estimate of drug-likeness (QED) is 0.573. The first kappa shape index (κ1) is 15.7. The van der Waals surface area contributed by atoms with E-state index in [0.29, 0.717) is 17.3 Å². The molecule has 128 valence electrons. The minimum absolute atomic E-state index is 0.0819. The number of carbonyl (C=O) groups excluding carboxylic acids is 1. The topological polar surface area (TPSA) is 29.5 Å². The molecule has 4 rings (SSSR count). The van der Waals surface area contributed by atoms with E-state index in [9.17, 15) is 4.79 Å². The van der Waals surface area contributed by atoms with Crippen molar-refractivity contribution < 1.29 is 9.53 Å². The molecule has 2 aliphatic carbocycles. The van der Waals surface area contributed by atoms with Crippen LogP contribution in [0.5, 0.6) is 0 Å². The fourth-order valence-corrected chi connectivity index (χ4v) is 5.88. The summed E-state index contributed by atoms with van der Waals surface area (Å²) in [7, 11) is 0. The molecule has 2 saturated carbocycles. The third kappa shape index (κ3) is 2.75. The number of likely N-dealkylation sites (tertiary alicyclic amines) is 1. The second kappa shape index (κ2) is 5.91. The van der Waals surface area contributed by atoms with Crippen LogP contribution in [-0.4, -0.2) is 36.6 Å². The van der Waals surface area contributed by atoms with E-state index in [1.807, 2.05) is 0 Å². The lowest BCUT2D eigenvalue weighted by Gasteiger charge is -2.50. The molecule has 5 atom stereocenters. The van der Waals surface area contributed by atoms with Crippen LogP contribution in [0.3, 0.4) is 0 Å². The van der Waals surface area contributed by atoms with E-state index in [-0.39, 0.29) is 18.0 Å². The molecule has 3 heteroatoms. The van der Waals surface area contributed by atoms with Gasteiger partial charge >= 0.3 is 5.97 Å². The Morgan fingerprint density at radius 1 is 1.26 bits per heavy atom. The highest BCUT2D eigenvalue weighted by Gasteiger charge is 2.55. The minimum Gasteiger partial charge on any atom is -0.462 e. The first-order valence-corrected chi connectivity index (χ1v) is 9.67. The van der Waals surface area contributed by atoms with Gasteiger partial charge in [0.15, 0.2) is 0 Å². The first-order valence-electron chi connectivity index (χ1n) is 9.67. The standard InChI is InChI=1S/C20H31NO2/c1-14-7-6-8-20(2)12-18-15(11-17(14)20)16(19(22)23-18)13-21-9-4-3-5-10-21/h15-18H,1,3-13H2,2H3/t15-,16-,17+,18+,20-/m0/s1. The smallest absolute Gasteiger partial charge is 0.310 e. The van der Waals surface area contributed by atoms with Crippen LogP contribution in [0, 0.1) is 23.2 Å². The molecule has 0 aromatic rings. The summed E-state index contributed by atoms with van der Waals surface area (Å²) in [5.41, 5.74) is 1.75. The highest BCUT2D eigenvalue weighted by atomic mass is 16.6. The Kier molecular flexibility index (Phi) is 4.03. The number of allylic oxidation sites excluding steroid dienone is 1. The summed E-state index contributed by atoms with van der Waals surface area (Å²) in [6.07, 6.45) is 9.99. The van der Waals surface area contributed by atoms with Gasteiger partial charge in [0, 0.05) is 12.5 Å². The highest BCUT2D eigenvalue weighted by molar-refractivity contribution is 5.75. The zero-order valence-electron chi connectivity index (χ0n) is 14.6. The molecule has 0 amide bonds. The van der Waals surface area contributed by atoms with Gasteiger partial charge in [-0.05, 0) is 69.4 Å². The predicted molar refractivity (Wildman–Crippen MR) is 91.0 cm³/mol. The normalized spacial score (nSPS) is 44.6. The maximum atomic E-state index is 12.5. The Morgan fingerprint density at radius 2 is 2.04 bits per heavy atom. The van der Waals surface area contributed by atoms with Gasteiger partial charge in [-0.2, -0.15) is 0 Å². The Morgan fingerprint density at radius 3 is 2.83 bits per heavy atom. The second-order valence-corrected chi connectivity index (χ2v) is 8.77. The predicted octanol–water partition coefficient (Wildman–Crippen LogP) is 3.79. The number of carbonyl (C=O) groups is 1. The Hall–Kier alpha value is -0.830. The zero-order chi connectivity index (χ0) is 16.0. The van der Waals surface area contributed by atoms with Crippen molar-refractivity contribution in [2.45, 2.75) is 64.4 Å². The third-order valence-corrected chi connectivity index (χ3v) is 7.22. The molecule has 4 fully saturated rings. The second-order valence-electron chi connectivity index (χ2n) is 8.77. The molecule has 0 unspecified atom stereocenters. The van der Waals surface area contributed by atoms with Gasteiger partial charge in [0.25, 0.3) is 0 Å². The number of nitrogens with zero attached hydrogens (tertiary/aromatic N) is 1. The van der Waals surface area contributed by atoms with Gasteiger partial charge in [-0.25, -0.2) is 0 Å². The molecule has 2 heterocycles. The number of esters is 1. The molecule has 4 aliphatic rings. The average molecular weight is 317 g/mol. The van der Waals surface area contributed by atoms with Crippen molar-refractivity contribution in [1.29, 1.82) is 0 Å². The van der Waals surface area contributed by atoms with Gasteiger partial charge in [-0.1, -0.05) is 25.5 Å². The van der Waals surface area contributed by atoms with Crippen molar-refractivity contribution in [2.75, 3.05) is 19.6 Å². The summed E-state index contributed by atoms with van der Waals surface area (Å²) in [4.78, 5) is 15.0. The van der Waals surface area contributed by atoms with Crippen LogP contribution >= 0.6 is 0 Å². The van der Waals surface area contributed by atoms with Gasteiger partial charge in [0.1, 0.15) is 6.10 Å². The molecule has 0 spiro atoms. The van der Waals surface area contributed by atoms with Crippen molar-refractivity contribution in [1.82, 2.24) is 4.90 Å². The summed E-state index contributed by atoms with van der Waals surface area (Å²) in [5, 5.41) is 0. The lowest BCUT2D eigenvalue weighted by atomic mass is 9.55. The summed E-state index contributed by atoms with van der Waals surface area (Å²) >= 11 is 0. The van der Waals surface area contributed by atoms with Crippen molar-refractivity contribution in [3.05, 3.63) is 12.2 Å². The van der Waals surface area contributed by atoms with E-state index < -0.39 is 0 Å². The lowest BCUT2D eigenvalue weighted by Crippen LogP contribution is -2.46. The van der Waals surface area contributed by atoms with E-state index in [0.717, 1.165) is 32.5 Å². The molecule has 0 radical (unpaired) electrons. The summed E-state index contributed by atoms with van der Waals surface area (Å²) in [6.45, 7) is 10.0. The zero-order valence-corrected chi connectivity index (χ0v) is 14.6. The van der Waals surface area contributed by atoms with Crippen LogP contribution in [0.2, 0.25) is 0 Å². The molecule has 0 aromatic carbocycles. The van der Waals surface area contributed by atoms with Crippen molar-refractivity contribution in [3.63, 3.8) is 0 Å². The molecule has 0 bridgehead atoms. The Bertz CT molecular complexity index is 496. The van der Waals surface area contributed by atoms with Gasteiger partial charge in [0.05, 0.1) is 5.92 Å². The van der Waals surface area contributed by atoms with Crippen LogP contribution in [0.25, 0.3) is 0 Å². The van der Waals surface area contributed by atoms with E-state index in [1.165, 1.54) is 44.1 Å². The molecule has 2 saturated heterocycles. The fourth-order valence-electron chi connectivity index (χ4n) is 5.88. The summed E-state index contributed by atoms with van der Waals surface area (Å²) in [5.74, 6) is 1.23. The average Bonchev–Trinajstić information content (AvgIpc) is 2.81. The lowest BCUT2D eigenvalue weighted by molar-refractivity contribution is -0.146. The van der Waals surface area contributed by atoms with Crippen molar-refractivity contribution in [3.8, 4) is 0 Å². The maximum Gasteiger partial charge on any atom is 0.310 e. The van der Waals surface area contributed by atoms with Gasteiger partial charge < -0.3 is 9.64 Å². The van der Waals surface area contributed by atoms with Crippen LogP contribution < -0.4 is 0 Å². The molecule has 2 aliphatic heterocycles. The minimum atomic E-state index is 0.0819. The van der Waals surface area contributed by atoms with Gasteiger partial charge in [-0.15, -0.1) is 0 Å². The number of ether oxygens (including phenoxy) is 1. The van der Waals surface area contributed by atoms with E-state index in [2.05, 4.69) is 18.4 Å². The monoisotopic (exact) mass is 317 g/mol. The van der Waals surface area contributed by atoms with E-state index >= 15 is 0 Å². The molecular weight excluding hydrogens is 286 g/mol. The van der Waals surface area contributed by atoms with Crippen molar-refractivity contribution >= 4 is 5.97 Å². The summed E-state index contributed by atoms with van der Waals surface area (Å²) < 4.78 is 5.87. The molecule has 3 nitrogen and oxygen atoms in total. The highest BCUT2D eigenvalue weighted by Crippen LogP contribution is 2.56. The van der Waals surface area contributed by atoms with E-state index in [1.54, 1.807) is 0 Å². The third-order valence-electron chi connectivity index (χ3n) is 7.22. The van der Waals surface area contributed by atoms with Crippen LogP contribution in [-0.2, 0) is 9.53 Å². The number of piperidine rings is 1. The van der Waals surface area contributed by atoms with Crippen LogP contribution in [0.15, 0.2) is 12.2 Å². The fraction of sp³-hybridized carbons (Fsp3) is 0.850. The molecular formula is C20H31NO2. The maximum absolute atomic E-state index is 12.5. The molecule has 0 N–H and O–H groups in total. The Labute approximate surface area is 140 Å². The van der Waals surface area contributed by atoms with E-state index in [4.69, 9.17) is 4.74 Å². The van der Waals surface area contributed by atoms with Crippen molar-refractivity contribution in [2.24, 2.45) is 23.2 Å².